The van der Waals surface area contributed by atoms with Crippen LogP contribution in [0.5, 0.6) is 0 Å². The lowest BCUT2D eigenvalue weighted by Crippen LogP contribution is -2.35. The van der Waals surface area contributed by atoms with Gasteiger partial charge in [-0.3, -0.25) is 0 Å². The van der Waals surface area contributed by atoms with Crippen molar-refractivity contribution in [1.82, 2.24) is 4.31 Å². The highest BCUT2D eigenvalue weighted by Gasteiger charge is 2.25. The van der Waals surface area contributed by atoms with Crippen LogP contribution in [-0.4, -0.2) is 31.8 Å². The van der Waals surface area contributed by atoms with Gasteiger partial charge in [-0.25, -0.2) is 13.4 Å². The van der Waals surface area contributed by atoms with E-state index >= 15 is 0 Å². The molecule has 6 nitrogen and oxygen atoms in total. The Kier molecular flexibility index (Phi) is 8.47. The summed E-state index contributed by atoms with van der Waals surface area (Å²) in [4.78, 5) is 4.68. The topological polar surface area (TPSA) is 87.8 Å². The van der Waals surface area contributed by atoms with Crippen LogP contribution in [0.2, 0.25) is 0 Å². The summed E-state index contributed by atoms with van der Waals surface area (Å²) < 4.78 is 27.0. The molecule has 3 N–H and O–H groups in total. The molecule has 158 valence electrons. The number of benzene rings is 2. The van der Waals surface area contributed by atoms with Crippen LogP contribution in [0.15, 0.2) is 52.4 Å². The summed E-state index contributed by atoms with van der Waals surface area (Å²) in [7, 11) is -3.40. The maximum Gasteiger partial charge on any atom is 0.243 e. The third kappa shape index (κ3) is 6.16. The molecule has 1 heterocycles. The van der Waals surface area contributed by atoms with Gasteiger partial charge in [-0.1, -0.05) is 24.6 Å². The van der Waals surface area contributed by atoms with E-state index in [2.05, 4.69) is 17.2 Å². The van der Waals surface area contributed by atoms with Crippen LogP contribution >= 0.6 is 24.0 Å². The Balaban J connectivity index is 0.00000300. The van der Waals surface area contributed by atoms with E-state index in [4.69, 9.17) is 5.73 Å². The Morgan fingerprint density at radius 1 is 1.03 bits per heavy atom. The van der Waals surface area contributed by atoms with Crippen molar-refractivity contribution in [1.29, 1.82) is 0 Å². The van der Waals surface area contributed by atoms with Gasteiger partial charge in [-0.15, -0.1) is 24.0 Å². The predicted octanol–water partition coefficient (Wildman–Crippen LogP) is 4.02. The van der Waals surface area contributed by atoms with Crippen molar-refractivity contribution in [2.75, 3.05) is 18.4 Å². The molecule has 2 aromatic rings. The summed E-state index contributed by atoms with van der Waals surface area (Å²) in [5.41, 5.74) is 10.2. The third-order valence-electron chi connectivity index (χ3n) is 5.09. The highest BCUT2D eigenvalue weighted by Crippen LogP contribution is 2.21. The van der Waals surface area contributed by atoms with Gasteiger partial charge in [0.2, 0.25) is 10.0 Å². The lowest BCUT2D eigenvalue weighted by atomic mass is 10.1. The van der Waals surface area contributed by atoms with E-state index in [0.717, 1.165) is 30.5 Å². The minimum absolute atomic E-state index is 0. The first-order chi connectivity index (χ1) is 13.4. The Morgan fingerprint density at radius 3 is 2.31 bits per heavy atom. The van der Waals surface area contributed by atoms with Crippen LogP contribution < -0.4 is 11.1 Å². The minimum atomic E-state index is -3.40. The zero-order valence-electron chi connectivity index (χ0n) is 16.9. The van der Waals surface area contributed by atoms with Crippen molar-refractivity contribution in [2.45, 2.75) is 44.6 Å². The number of rotatable bonds is 5. The lowest BCUT2D eigenvalue weighted by molar-refractivity contribution is 0.346. The first-order valence-electron chi connectivity index (χ1n) is 9.59. The van der Waals surface area contributed by atoms with Crippen molar-refractivity contribution in [3.8, 4) is 0 Å². The van der Waals surface area contributed by atoms with Gasteiger partial charge in [0.1, 0.15) is 0 Å². The highest BCUT2D eigenvalue weighted by atomic mass is 127. The molecule has 29 heavy (non-hydrogen) atoms. The highest BCUT2D eigenvalue weighted by molar-refractivity contribution is 14.0. The quantitative estimate of drug-likeness (QED) is 0.349. The van der Waals surface area contributed by atoms with E-state index in [0.29, 0.717) is 30.5 Å². The number of sulfonamides is 1. The van der Waals surface area contributed by atoms with E-state index < -0.39 is 10.0 Å². The summed E-state index contributed by atoms with van der Waals surface area (Å²) in [6, 6.07) is 12.9. The fourth-order valence-electron chi connectivity index (χ4n) is 3.20. The maximum absolute atomic E-state index is 12.7. The van der Waals surface area contributed by atoms with Crippen molar-refractivity contribution < 1.29 is 8.42 Å². The van der Waals surface area contributed by atoms with E-state index in [1.165, 1.54) is 11.1 Å². The molecule has 3 rings (SSSR count). The number of halogens is 1. The molecule has 0 aromatic heterocycles. The average molecular weight is 528 g/mol. The van der Waals surface area contributed by atoms with E-state index in [-0.39, 0.29) is 24.0 Å². The summed E-state index contributed by atoms with van der Waals surface area (Å²) in [5, 5.41) is 3.08. The number of hydrogen-bond acceptors (Lipinski definition) is 3. The molecule has 0 radical (unpaired) electrons. The Labute approximate surface area is 190 Å². The van der Waals surface area contributed by atoms with Gasteiger partial charge in [-0.2, -0.15) is 4.31 Å². The van der Waals surface area contributed by atoms with Gasteiger partial charge >= 0.3 is 0 Å². The number of piperidine rings is 1. The molecule has 0 atom stereocenters. The number of nitrogens with two attached hydrogens (primary N) is 1. The van der Waals surface area contributed by atoms with Gasteiger partial charge in [0.05, 0.1) is 11.4 Å². The molecule has 0 bridgehead atoms. The maximum atomic E-state index is 12.7. The Morgan fingerprint density at radius 2 is 1.69 bits per heavy atom. The fourth-order valence-corrected chi connectivity index (χ4v) is 4.72. The third-order valence-corrected chi connectivity index (χ3v) is 7.00. The number of aliphatic imine (C=N–C) groups is 1. The number of guanidine groups is 1. The summed E-state index contributed by atoms with van der Waals surface area (Å²) in [6.07, 6.45) is 2.96. The van der Waals surface area contributed by atoms with Crippen LogP contribution in [0.3, 0.4) is 0 Å². The van der Waals surface area contributed by atoms with Gasteiger partial charge in [-0.05, 0) is 67.6 Å². The van der Waals surface area contributed by atoms with Crippen LogP contribution in [0, 0.1) is 13.8 Å². The largest absolute Gasteiger partial charge is 0.370 e. The number of aryl methyl sites for hydroxylation is 2. The first-order valence-corrected chi connectivity index (χ1v) is 11.0. The molecule has 8 heteroatoms. The smallest absolute Gasteiger partial charge is 0.243 e. The summed E-state index contributed by atoms with van der Waals surface area (Å²) in [5.74, 6) is 0.327. The van der Waals surface area contributed by atoms with Gasteiger partial charge < -0.3 is 11.1 Å². The zero-order chi connectivity index (χ0) is 20.1. The second-order valence-corrected chi connectivity index (χ2v) is 9.17. The van der Waals surface area contributed by atoms with Gasteiger partial charge in [0.15, 0.2) is 5.96 Å². The first kappa shape index (κ1) is 23.6. The van der Waals surface area contributed by atoms with E-state index in [1.54, 1.807) is 28.6 Å². The molecule has 1 fully saturated rings. The average Bonchev–Trinajstić information content (AvgIpc) is 2.70. The second kappa shape index (κ2) is 10.4. The van der Waals surface area contributed by atoms with Crippen LogP contribution in [0.4, 0.5) is 5.69 Å². The fraction of sp³-hybridized carbons (Fsp3) is 0.381. The molecule has 0 unspecified atom stereocenters. The number of nitrogens with one attached hydrogen (secondary N) is 1. The molecule has 0 amide bonds. The number of hydrogen-bond donors (Lipinski definition) is 2. The van der Waals surface area contributed by atoms with Gasteiger partial charge in [0, 0.05) is 18.8 Å². The second-order valence-electron chi connectivity index (χ2n) is 7.23. The SMILES string of the molecule is Cc1ccc(NC(N)=NCc2ccc(S(=O)(=O)N3CCCCC3)cc2)cc1C.I. The van der Waals surface area contributed by atoms with Gasteiger partial charge in [0.25, 0.3) is 0 Å². The predicted molar refractivity (Wildman–Crippen MR) is 129 cm³/mol. The molecular formula is C21H29IN4O2S. The molecule has 0 spiro atoms. The zero-order valence-corrected chi connectivity index (χ0v) is 20.0. The molecular weight excluding hydrogens is 499 g/mol. The van der Waals surface area contributed by atoms with E-state index in [9.17, 15) is 8.42 Å². The van der Waals surface area contributed by atoms with Crippen molar-refractivity contribution >= 4 is 45.6 Å². The molecule has 1 aliphatic rings. The standard InChI is InChI=1S/C21H28N4O2S.HI/c1-16-6-9-19(14-17(16)2)24-21(22)23-15-18-7-10-20(11-8-18)28(26,27)25-12-4-3-5-13-25;/h6-11,14H,3-5,12-13,15H2,1-2H3,(H3,22,23,24);1H. The number of nitrogens with zero attached hydrogens (tertiary/aromatic N) is 2. The van der Waals surface area contributed by atoms with Crippen molar-refractivity contribution in [3.63, 3.8) is 0 Å². The Hall–Kier alpha value is -1.65. The van der Waals surface area contributed by atoms with Crippen LogP contribution in [-0.2, 0) is 16.6 Å². The number of anilines is 1. The van der Waals surface area contributed by atoms with E-state index in [1.807, 2.05) is 25.1 Å². The monoisotopic (exact) mass is 528 g/mol. The molecule has 0 aliphatic carbocycles. The molecule has 1 aliphatic heterocycles. The Bertz CT molecular complexity index is 953. The summed E-state index contributed by atoms with van der Waals surface area (Å²) >= 11 is 0. The van der Waals surface area contributed by atoms with Crippen molar-refractivity contribution in [2.24, 2.45) is 10.7 Å². The molecule has 0 saturated carbocycles. The lowest BCUT2D eigenvalue weighted by Gasteiger charge is -2.25. The molecule has 1 saturated heterocycles. The minimum Gasteiger partial charge on any atom is -0.370 e. The normalized spacial score (nSPS) is 15.6. The summed E-state index contributed by atoms with van der Waals surface area (Å²) in [6.45, 7) is 5.71. The van der Waals surface area contributed by atoms with Crippen LogP contribution in [0.1, 0.15) is 36.0 Å². The van der Waals surface area contributed by atoms with Crippen LogP contribution in [0.25, 0.3) is 0 Å². The molecule has 2 aromatic carbocycles. The van der Waals surface area contributed by atoms with Crippen molar-refractivity contribution in [3.05, 3.63) is 59.2 Å².